The quantitative estimate of drug-likeness (QED) is 0.520. The molecule has 0 spiro atoms. The molecular formula is C16H9F14NO3. The lowest BCUT2D eigenvalue weighted by Gasteiger charge is -2.35. The molecule has 0 fully saturated rings. The van der Waals surface area contributed by atoms with Gasteiger partial charge in [-0.3, -0.25) is 14.5 Å². The SMILES string of the molecule is O=C(N(CC(O)c1ccccc1)C(=O)C(F)(F)C(F)(F)C(F)(F)F)C(F)(F)C(F)(F)C(F)(F)F. The maximum atomic E-state index is 13.7. The van der Waals surface area contributed by atoms with Crippen LogP contribution in [0.3, 0.4) is 0 Å². The average molecular weight is 529 g/mol. The third-order valence-electron chi connectivity index (χ3n) is 4.07. The average Bonchev–Trinajstić information content (AvgIpc) is 2.69. The fraction of sp³-hybridized carbons (Fsp3) is 0.500. The van der Waals surface area contributed by atoms with Gasteiger partial charge in [0.1, 0.15) is 0 Å². The molecule has 0 aliphatic rings. The molecule has 1 aromatic rings. The number of hydrogen-bond donors (Lipinski definition) is 1. The third-order valence-corrected chi connectivity index (χ3v) is 4.07. The summed E-state index contributed by atoms with van der Waals surface area (Å²) in [4.78, 5) is 21.3. The largest absolute Gasteiger partial charge is 0.460 e. The lowest BCUT2D eigenvalue weighted by Crippen LogP contribution is -2.66. The van der Waals surface area contributed by atoms with Gasteiger partial charge in [0.05, 0.1) is 12.6 Å². The van der Waals surface area contributed by atoms with Gasteiger partial charge in [0.15, 0.2) is 0 Å². The van der Waals surface area contributed by atoms with Crippen molar-refractivity contribution < 1.29 is 76.2 Å². The number of alkyl halides is 14. The molecule has 0 bridgehead atoms. The minimum atomic E-state index is -7.41. The molecule has 0 aliphatic carbocycles. The van der Waals surface area contributed by atoms with Gasteiger partial charge in [-0.2, -0.15) is 61.5 Å². The van der Waals surface area contributed by atoms with Crippen molar-refractivity contribution in [1.29, 1.82) is 0 Å². The predicted octanol–water partition coefficient (Wildman–Crippen LogP) is 4.74. The van der Waals surface area contributed by atoms with E-state index in [2.05, 4.69) is 0 Å². The molecule has 2 amide bonds. The van der Waals surface area contributed by atoms with E-state index in [1.807, 2.05) is 0 Å². The summed E-state index contributed by atoms with van der Waals surface area (Å²) in [5.41, 5.74) is -0.620. The van der Waals surface area contributed by atoms with Crippen molar-refractivity contribution in [2.24, 2.45) is 0 Å². The third kappa shape index (κ3) is 4.90. The molecule has 1 N–H and O–H groups in total. The van der Waals surface area contributed by atoms with Crippen molar-refractivity contribution in [3.05, 3.63) is 35.9 Å². The lowest BCUT2D eigenvalue weighted by atomic mass is 10.0. The number of aliphatic hydroxyl groups excluding tert-OH is 1. The second-order valence-electron chi connectivity index (χ2n) is 6.44. The highest BCUT2D eigenvalue weighted by molar-refractivity contribution is 6.02. The first kappa shape index (κ1) is 29.4. The molecule has 1 atom stereocenters. The number of rotatable bonds is 7. The number of nitrogens with zero attached hydrogens (tertiary/aromatic N) is 1. The van der Waals surface area contributed by atoms with Gasteiger partial charge in [-0.15, -0.1) is 0 Å². The zero-order chi connectivity index (χ0) is 27.1. The maximum Gasteiger partial charge on any atom is 0.460 e. The fourth-order valence-corrected chi connectivity index (χ4v) is 2.18. The van der Waals surface area contributed by atoms with Crippen LogP contribution in [0.1, 0.15) is 11.7 Å². The van der Waals surface area contributed by atoms with Gasteiger partial charge in [0.2, 0.25) is 0 Å². The highest BCUT2D eigenvalue weighted by atomic mass is 19.4. The van der Waals surface area contributed by atoms with Crippen molar-refractivity contribution in [3.63, 3.8) is 0 Å². The second kappa shape index (κ2) is 8.84. The van der Waals surface area contributed by atoms with E-state index in [0.29, 0.717) is 0 Å². The smallest absolute Gasteiger partial charge is 0.387 e. The molecule has 0 saturated heterocycles. The Bertz CT molecular complexity index is 844. The van der Waals surface area contributed by atoms with Crippen LogP contribution in [-0.2, 0) is 9.59 Å². The Balaban J connectivity index is 3.64. The van der Waals surface area contributed by atoms with Crippen LogP contribution in [-0.4, -0.2) is 64.4 Å². The van der Waals surface area contributed by atoms with Crippen molar-refractivity contribution in [2.45, 2.75) is 42.1 Å². The molecule has 18 heteroatoms. The van der Waals surface area contributed by atoms with Crippen LogP contribution in [0.15, 0.2) is 30.3 Å². The summed E-state index contributed by atoms with van der Waals surface area (Å²) >= 11 is 0. The van der Waals surface area contributed by atoms with Gasteiger partial charge in [-0.1, -0.05) is 30.3 Å². The van der Waals surface area contributed by atoms with E-state index in [1.54, 1.807) is 0 Å². The minimum Gasteiger partial charge on any atom is -0.387 e. The highest BCUT2D eigenvalue weighted by Crippen LogP contribution is 2.50. The Hall–Kier alpha value is -2.66. The molecule has 1 aromatic carbocycles. The van der Waals surface area contributed by atoms with E-state index in [9.17, 15) is 76.2 Å². The summed E-state index contributed by atoms with van der Waals surface area (Å²) < 4.78 is 181. The number of carbonyl (C=O) groups is 2. The summed E-state index contributed by atoms with van der Waals surface area (Å²) in [7, 11) is 0. The van der Waals surface area contributed by atoms with E-state index in [-0.39, 0.29) is 0 Å². The topological polar surface area (TPSA) is 57.6 Å². The Morgan fingerprint density at radius 2 is 1.00 bits per heavy atom. The summed E-state index contributed by atoms with van der Waals surface area (Å²) in [5.74, 6) is -37.6. The van der Waals surface area contributed by atoms with E-state index in [4.69, 9.17) is 0 Å². The summed E-state index contributed by atoms with van der Waals surface area (Å²) in [6.07, 6.45) is -17.2. The molecule has 0 aromatic heterocycles. The molecule has 0 aliphatic heterocycles. The van der Waals surface area contributed by atoms with Crippen molar-refractivity contribution >= 4 is 11.8 Å². The Morgan fingerprint density at radius 3 is 1.29 bits per heavy atom. The standard InChI is InChI=1S/C16H9F14NO3/c17-11(18,13(21,22)15(25,26)27)9(33)31(6-8(32)7-4-2-1-3-5-7)10(34)12(19,20)14(23,24)16(28,29)30/h1-5,8,32H,6H2. The second-order valence-corrected chi connectivity index (χ2v) is 6.44. The van der Waals surface area contributed by atoms with Gasteiger partial charge < -0.3 is 5.11 Å². The molecule has 0 radical (unpaired) electrons. The molecule has 4 nitrogen and oxygen atoms in total. The van der Waals surface area contributed by atoms with Crippen LogP contribution < -0.4 is 0 Å². The normalized spacial score (nSPS) is 15.1. The van der Waals surface area contributed by atoms with Crippen molar-refractivity contribution in [3.8, 4) is 0 Å². The Morgan fingerprint density at radius 1 is 0.676 bits per heavy atom. The van der Waals surface area contributed by atoms with Crippen LogP contribution in [0.2, 0.25) is 0 Å². The number of imide groups is 1. The zero-order valence-electron chi connectivity index (χ0n) is 15.7. The van der Waals surface area contributed by atoms with E-state index >= 15 is 0 Å². The lowest BCUT2D eigenvalue weighted by molar-refractivity contribution is -0.350. The molecule has 34 heavy (non-hydrogen) atoms. The molecule has 1 rings (SSSR count). The van der Waals surface area contributed by atoms with Crippen LogP contribution in [0.4, 0.5) is 61.5 Å². The first-order chi connectivity index (χ1) is 14.9. The van der Waals surface area contributed by atoms with Crippen molar-refractivity contribution in [1.82, 2.24) is 4.90 Å². The van der Waals surface area contributed by atoms with Crippen LogP contribution in [0.5, 0.6) is 0 Å². The molecule has 194 valence electrons. The highest BCUT2D eigenvalue weighted by Gasteiger charge is 2.80. The van der Waals surface area contributed by atoms with Gasteiger partial charge >= 0.3 is 47.9 Å². The molecular weight excluding hydrogens is 520 g/mol. The fourth-order valence-electron chi connectivity index (χ4n) is 2.18. The number of benzene rings is 1. The van der Waals surface area contributed by atoms with E-state index in [0.717, 1.165) is 24.3 Å². The number of hydrogen-bond acceptors (Lipinski definition) is 3. The number of amides is 2. The van der Waals surface area contributed by atoms with Crippen LogP contribution >= 0.6 is 0 Å². The number of aliphatic hydroxyl groups is 1. The molecule has 1 unspecified atom stereocenters. The predicted molar refractivity (Wildman–Crippen MR) is 80.0 cm³/mol. The summed E-state index contributed by atoms with van der Waals surface area (Å²) in [6, 6.07) is 4.82. The Kier molecular flexibility index (Phi) is 7.64. The minimum absolute atomic E-state index is 0.620. The van der Waals surface area contributed by atoms with Crippen LogP contribution in [0.25, 0.3) is 0 Å². The van der Waals surface area contributed by atoms with E-state index < -0.39 is 71.0 Å². The van der Waals surface area contributed by atoms with Crippen LogP contribution in [0, 0.1) is 0 Å². The Labute approximate surface area is 178 Å². The first-order valence-corrected chi connectivity index (χ1v) is 8.18. The first-order valence-electron chi connectivity index (χ1n) is 8.18. The summed E-state index contributed by atoms with van der Waals surface area (Å²) in [6.45, 7) is -2.44. The van der Waals surface area contributed by atoms with Gasteiger partial charge in [-0.05, 0) is 5.56 Å². The van der Waals surface area contributed by atoms with Gasteiger partial charge in [-0.25, -0.2) is 0 Å². The van der Waals surface area contributed by atoms with Gasteiger partial charge in [0.25, 0.3) is 0 Å². The number of carbonyl (C=O) groups excluding carboxylic acids is 2. The molecule has 0 heterocycles. The van der Waals surface area contributed by atoms with E-state index in [1.165, 1.54) is 6.07 Å². The number of halogens is 14. The van der Waals surface area contributed by atoms with Crippen molar-refractivity contribution in [2.75, 3.05) is 6.54 Å². The molecule has 0 saturated carbocycles. The maximum absolute atomic E-state index is 13.7. The monoisotopic (exact) mass is 529 g/mol. The van der Waals surface area contributed by atoms with Gasteiger partial charge in [0, 0.05) is 0 Å². The summed E-state index contributed by atoms with van der Waals surface area (Å²) in [5, 5.41) is 9.79. The zero-order valence-corrected chi connectivity index (χ0v) is 15.7.